The number of carbonyl (C=O) groups is 1. The zero-order valence-corrected chi connectivity index (χ0v) is 14.3. The van der Waals surface area contributed by atoms with Gasteiger partial charge in [-0.15, -0.1) is 11.3 Å². The number of para-hydroxylation sites is 1. The highest BCUT2D eigenvalue weighted by Gasteiger charge is 2.14. The lowest BCUT2D eigenvalue weighted by Gasteiger charge is -2.18. The van der Waals surface area contributed by atoms with Crippen molar-refractivity contribution in [3.05, 3.63) is 65.5 Å². The average molecular weight is 351 g/mol. The van der Waals surface area contributed by atoms with Crippen LogP contribution in [0.1, 0.15) is 5.56 Å². The molecule has 1 aliphatic rings. The molecule has 0 fully saturated rings. The monoisotopic (exact) mass is 351 g/mol. The lowest BCUT2D eigenvalue weighted by atomic mass is 10.1. The molecule has 1 amide bonds. The molecule has 3 aromatic rings. The van der Waals surface area contributed by atoms with Crippen molar-refractivity contribution in [3.63, 3.8) is 0 Å². The molecule has 0 bridgehead atoms. The Kier molecular flexibility index (Phi) is 4.39. The highest BCUT2D eigenvalue weighted by atomic mass is 32.1. The lowest BCUT2D eigenvalue weighted by Crippen LogP contribution is -2.17. The first-order valence-corrected chi connectivity index (χ1v) is 8.99. The molecule has 0 radical (unpaired) electrons. The van der Waals surface area contributed by atoms with Gasteiger partial charge in [-0.25, -0.2) is 0 Å². The van der Waals surface area contributed by atoms with Gasteiger partial charge in [0.1, 0.15) is 13.2 Å². The minimum absolute atomic E-state index is 0.0549. The summed E-state index contributed by atoms with van der Waals surface area (Å²) in [5.41, 5.74) is 2.76. The summed E-state index contributed by atoms with van der Waals surface area (Å²) in [5, 5.41) is 5.05. The lowest BCUT2D eigenvalue weighted by molar-refractivity contribution is -0.115. The van der Waals surface area contributed by atoms with Crippen LogP contribution in [0.2, 0.25) is 0 Å². The molecule has 4 rings (SSSR count). The molecule has 126 valence electrons. The fraction of sp³-hybridized carbons (Fsp3) is 0.150. The van der Waals surface area contributed by atoms with Crippen LogP contribution in [0, 0.1) is 0 Å². The van der Waals surface area contributed by atoms with Crippen LogP contribution in [0.25, 0.3) is 10.4 Å². The quantitative estimate of drug-likeness (QED) is 0.759. The maximum Gasteiger partial charge on any atom is 0.228 e. The molecule has 4 nitrogen and oxygen atoms in total. The Balaban J connectivity index is 1.50. The van der Waals surface area contributed by atoms with Crippen molar-refractivity contribution < 1.29 is 14.3 Å². The summed E-state index contributed by atoms with van der Waals surface area (Å²) in [6.07, 6.45) is 0.287. The molecule has 2 aromatic carbocycles. The van der Waals surface area contributed by atoms with E-state index in [-0.39, 0.29) is 12.3 Å². The number of rotatable bonds is 4. The third-order valence-corrected chi connectivity index (χ3v) is 4.86. The SMILES string of the molecule is O=C(Cc1ccc2c(c1)OCCO2)Nc1ccccc1-c1cccs1. The van der Waals surface area contributed by atoms with Crippen LogP contribution in [-0.2, 0) is 11.2 Å². The number of anilines is 1. The summed E-state index contributed by atoms with van der Waals surface area (Å²) >= 11 is 1.65. The molecule has 5 heteroatoms. The van der Waals surface area contributed by atoms with Crippen molar-refractivity contribution in [2.24, 2.45) is 0 Å². The maximum atomic E-state index is 12.5. The number of amides is 1. The van der Waals surface area contributed by atoms with Crippen molar-refractivity contribution in [3.8, 4) is 21.9 Å². The van der Waals surface area contributed by atoms with E-state index in [1.807, 2.05) is 53.9 Å². The third kappa shape index (κ3) is 3.51. The molecule has 1 aromatic heterocycles. The van der Waals surface area contributed by atoms with Gasteiger partial charge < -0.3 is 14.8 Å². The first kappa shape index (κ1) is 15.7. The molecular formula is C20H17NO3S. The van der Waals surface area contributed by atoms with E-state index in [2.05, 4.69) is 11.4 Å². The number of fused-ring (bicyclic) bond motifs is 1. The second-order valence-corrected chi connectivity index (χ2v) is 6.67. The summed E-state index contributed by atoms with van der Waals surface area (Å²) in [4.78, 5) is 13.6. The van der Waals surface area contributed by atoms with Gasteiger partial charge in [0.05, 0.1) is 6.42 Å². The first-order chi connectivity index (χ1) is 12.3. The largest absolute Gasteiger partial charge is 0.486 e. The van der Waals surface area contributed by atoms with Crippen molar-refractivity contribution in [1.29, 1.82) is 0 Å². The van der Waals surface area contributed by atoms with Crippen LogP contribution < -0.4 is 14.8 Å². The highest BCUT2D eigenvalue weighted by molar-refractivity contribution is 7.13. The van der Waals surface area contributed by atoms with Crippen LogP contribution in [0.3, 0.4) is 0 Å². The van der Waals surface area contributed by atoms with E-state index in [0.29, 0.717) is 19.0 Å². The summed E-state index contributed by atoms with van der Waals surface area (Å²) in [6.45, 7) is 1.10. The molecule has 0 spiro atoms. The fourth-order valence-electron chi connectivity index (χ4n) is 2.82. The van der Waals surface area contributed by atoms with Crippen molar-refractivity contribution in [2.45, 2.75) is 6.42 Å². The van der Waals surface area contributed by atoms with E-state index < -0.39 is 0 Å². The number of carbonyl (C=O) groups excluding carboxylic acids is 1. The van der Waals surface area contributed by atoms with E-state index in [1.54, 1.807) is 11.3 Å². The van der Waals surface area contributed by atoms with Gasteiger partial charge in [0.25, 0.3) is 0 Å². The van der Waals surface area contributed by atoms with Crippen LogP contribution in [-0.4, -0.2) is 19.1 Å². The molecule has 0 aliphatic carbocycles. The van der Waals surface area contributed by atoms with Gasteiger partial charge >= 0.3 is 0 Å². The fourth-order valence-corrected chi connectivity index (χ4v) is 3.58. The van der Waals surface area contributed by atoms with E-state index in [1.165, 1.54) is 0 Å². The Labute approximate surface area is 150 Å². The van der Waals surface area contributed by atoms with Crippen molar-refractivity contribution in [1.82, 2.24) is 0 Å². The van der Waals surface area contributed by atoms with Crippen molar-refractivity contribution in [2.75, 3.05) is 18.5 Å². The summed E-state index contributed by atoms with van der Waals surface area (Å²) in [6, 6.07) is 17.5. The minimum Gasteiger partial charge on any atom is -0.486 e. The molecule has 1 aliphatic heterocycles. The van der Waals surface area contributed by atoms with Crippen LogP contribution in [0.15, 0.2) is 60.0 Å². The van der Waals surface area contributed by atoms with Gasteiger partial charge in [0.2, 0.25) is 5.91 Å². The van der Waals surface area contributed by atoms with Crippen LogP contribution >= 0.6 is 11.3 Å². The smallest absolute Gasteiger partial charge is 0.228 e. The molecule has 0 saturated carbocycles. The van der Waals surface area contributed by atoms with E-state index >= 15 is 0 Å². The zero-order valence-electron chi connectivity index (χ0n) is 13.5. The zero-order chi connectivity index (χ0) is 17.1. The van der Waals surface area contributed by atoms with Gasteiger partial charge in [-0.1, -0.05) is 30.3 Å². The molecular weight excluding hydrogens is 334 g/mol. The first-order valence-electron chi connectivity index (χ1n) is 8.11. The van der Waals surface area contributed by atoms with E-state index in [9.17, 15) is 4.79 Å². The maximum absolute atomic E-state index is 12.5. The Morgan fingerprint density at radius 3 is 2.68 bits per heavy atom. The minimum atomic E-state index is -0.0549. The van der Waals surface area contributed by atoms with Gasteiger partial charge in [-0.3, -0.25) is 4.79 Å². The van der Waals surface area contributed by atoms with E-state index in [0.717, 1.165) is 27.4 Å². The standard InChI is InChI=1S/C20H17NO3S/c22-20(13-14-7-8-17-18(12-14)24-10-9-23-17)21-16-5-2-1-4-15(16)19-6-3-11-25-19/h1-8,11-12H,9-10,13H2,(H,21,22). The molecule has 0 unspecified atom stereocenters. The number of nitrogens with one attached hydrogen (secondary N) is 1. The van der Waals surface area contributed by atoms with Gasteiger partial charge in [-0.05, 0) is 35.2 Å². The second kappa shape index (κ2) is 6.99. The molecule has 0 atom stereocenters. The Bertz CT molecular complexity index is 890. The summed E-state index contributed by atoms with van der Waals surface area (Å²) < 4.78 is 11.1. The topological polar surface area (TPSA) is 47.6 Å². The van der Waals surface area contributed by atoms with Gasteiger partial charge in [0.15, 0.2) is 11.5 Å². The molecule has 25 heavy (non-hydrogen) atoms. The number of hydrogen-bond acceptors (Lipinski definition) is 4. The predicted molar refractivity (Wildman–Crippen MR) is 99.5 cm³/mol. The molecule has 0 saturated heterocycles. The number of ether oxygens (including phenoxy) is 2. The third-order valence-electron chi connectivity index (χ3n) is 3.96. The van der Waals surface area contributed by atoms with Crippen LogP contribution in [0.4, 0.5) is 5.69 Å². The Morgan fingerprint density at radius 1 is 1.00 bits per heavy atom. The normalized spacial score (nSPS) is 12.6. The van der Waals surface area contributed by atoms with Gasteiger partial charge in [-0.2, -0.15) is 0 Å². The Morgan fingerprint density at radius 2 is 1.84 bits per heavy atom. The predicted octanol–water partition coefficient (Wildman–Crippen LogP) is 4.37. The summed E-state index contributed by atoms with van der Waals surface area (Å²) in [5.74, 6) is 1.38. The Hall–Kier alpha value is -2.79. The van der Waals surface area contributed by atoms with Crippen molar-refractivity contribution >= 4 is 22.9 Å². The number of benzene rings is 2. The van der Waals surface area contributed by atoms with Gasteiger partial charge in [0, 0.05) is 16.1 Å². The van der Waals surface area contributed by atoms with Crippen LogP contribution in [0.5, 0.6) is 11.5 Å². The molecule has 2 heterocycles. The number of hydrogen-bond donors (Lipinski definition) is 1. The second-order valence-electron chi connectivity index (χ2n) is 5.73. The number of thiophene rings is 1. The average Bonchev–Trinajstić information content (AvgIpc) is 3.16. The van der Waals surface area contributed by atoms with E-state index in [4.69, 9.17) is 9.47 Å². The highest BCUT2D eigenvalue weighted by Crippen LogP contribution is 2.32. The summed E-state index contributed by atoms with van der Waals surface area (Å²) in [7, 11) is 0. The molecule has 1 N–H and O–H groups in total.